The van der Waals surface area contributed by atoms with Gasteiger partial charge in [-0.15, -0.1) is 0 Å². The SMILES string of the molecule is O=C(SCCS)c1ccc(Cl)cc1Cl. The Bertz CT molecular complexity index is 342. The molecule has 0 heterocycles. The minimum Gasteiger partial charge on any atom is -0.282 e. The second kappa shape index (κ2) is 5.91. The van der Waals surface area contributed by atoms with Gasteiger partial charge >= 0.3 is 0 Å². The van der Waals surface area contributed by atoms with E-state index >= 15 is 0 Å². The third kappa shape index (κ3) is 3.39. The van der Waals surface area contributed by atoms with Crippen LogP contribution in [0.15, 0.2) is 18.2 Å². The highest BCUT2D eigenvalue weighted by Gasteiger charge is 2.10. The van der Waals surface area contributed by atoms with E-state index < -0.39 is 0 Å². The van der Waals surface area contributed by atoms with Crippen LogP contribution in [0.1, 0.15) is 10.4 Å². The maximum Gasteiger partial charge on any atom is 0.220 e. The first-order valence-corrected chi connectivity index (χ1v) is 6.25. The zero-order valence-electron chi connectivity index (χ0n) is 7.17. The zero-order chi connectivity index (χ0) is 10.6. The minimum atomic E-state index is -0.0410. The number of hydrogen-bond donors (Lipinski definition) is 1. The molecule has 14 heavy (non-hydrogen) atoms. The van der Waals surface area contributed by atoms with E-state index in [-0.39, 0.29) is 5.12 Å². The van der Waals surface area contributed by atoms with Gasteiger partial charge in [0.2, 0.25) is 5.12 Å². The van der Waals surface area contributed by atoms with Crippen LogP contribution >= 0.6 is 47.6 Å². The normalized spacial score (nSPS) is 10.2. The lowest BCUT2D eigenvalue weighted by molar-refractivity contribution is 0.108. The summed E-state index contributed by atoms with van der Waals surface area (Å²) in [6.07, 6.45) is 0. The van der Waals surface area contributed by atoms with E-state index in [2.05, 4.69) is 12.6 Å². The van der Waals surface area contributed by atoms with Crippen molar-refractivity contribution in [2.24, 2.45) is 0 Å². The average Bonchev–Trinajstić information content (AvgIpc) is 2.14. The maximum atomic E-state index is 11.5. The van der Waals surface area contributed by atoms with E-state index in [0.717, 1.165) is 0 Å². The van der Waals surface area contributed by atoms with Gasteiger partial charge in [0, 0.05) is 16.3 Å². The molecule has 0 saturated carbocycles. The number of thiol groups is 1. The van der Waals surface area contributed by atoms with Crippen LogP contribution in [0, 0.1) is 0 Å². The Kier molecular flexibility index (Phi) is 5.17. The summed E-state index contributed by atoms with van der Waals surface area (Å²) < 4.78 is 0. The molecule has 0 N–H and O–H groups in total. The highest BCUT2D eigenvalue weighted by atomic mass is 35.5. The van der Waals surface area contributed by atoms with E-state index in [1.54, 1.807) is 18.2 Å². The van der Waals surface area contributed by atoms with E-state index in [4.69, 9.17) is 23.2 Å². The summed E-state index contributed by atoms with van der Waals surface area (Å²) >= 11 is 16.8. The van der Waals surface area contributed by atoms with Crippen LogP contribution in [0.25, 0.3) is 0 Å². The Morgan fingerprint density at radius 1 is 1.43 bits per heavy atom. The Morgan fingerprint density at radius 2 is 2.14 bits per heavy atom. The van der Waals surface area contributed by atoms with Crippen molar-refractivity contribution in [3.63, 3.8) is 0 Å². The fourth-order valence-electron chi connectivity index (χ4n) is 0.871. The fraction of sp³-hybridized carbons (Fsp3) is 0.222. The number of hydrogen-bond acceptors (Lipinski definition) is 3. The van der Waals surface area contributed by atoms with Crippen LogP contribution in [0.5, 0.6) is 0 Å². The molecule has 0 spiro atoms. The number of benzene rings is 1. The molecule has 5 heteroatoms. The summed E-state index contributed by atoms with van der Waals surface area (Å²) in [6.45, 7) is 0. The average molecular weight is 267 g/mol. The third-order valence-corrected chi connectivity index (χ3v) is 3.44. The van der Waals surface area contributed by atoms with Crippen LogP contribution in [-0.2, 0) is 0 Å². The summed E-state index contributed by atoms with van der Waals surface area (Å²) in [4.78, 5) is 11.5. The molecule has 76 valence electrons. The first-order chi connectivity index (χ1) is 6.65. The van der Waals surface area contributed by atoms with Crippen molar-refractivity contribution in [2.45, 2.75) is 0 Å². The maximum absolute atomic E-state index is 11.5. The predicted octanol–water partition coefficient (Wildman–Crippen LogP) is 3.80. The largest absolute Gasteiger partial charge is 0.282 e. The molecule has 1 nitrogen and oxygen atoms in total. The molecular formula is C9H8Cl2OS2. The lowest BCUT2D eigenvalue weighted by Crippen LogP contribution is -1.96. The molecule has 0 aliphatic rings. The molecule has 0 amide bonds. The van der Waals surface area contributed by atoms with Gasteiger partial charge in [0.1, 0.15) is 0 Å². The van der Waals surface area contributed by atoms with E-state index in [9.17, 15) is 4.79 Å². The molecular weight excluding hydrogens is 259 g/mol. The fourth-order valence-corrected chi connectivity index (χ4v) is 2.31. The number of halogens is 2. The summed E-state index contributed by atoms with van der Waals surface area (Å²) in [5.74, 6) is 1.35. The molecule has 0 atom stereocenters. The van der Waals surface area contributed by atoms with Crippen LogP contribution in [0.2, 0.25) is 10.0 Å². The third-order valence-electron chi connectivity index (χ3n) is 1.48. The Labute approximate surface area is 103 Å². The summed E-state index contributed by atoms with van der Waals surface area (Å²) in [7, 11) is 0. The van der Waals surface area contributed by atoms with Crippen LogP contribution in [0.4, 0.5) is 0 Å². The summed E-state index contributed by atoms with van der Waals surface area (Å²) in [5.41, 5.74) is 0.503. The van der Waals surface area contributed by atoms with Crippen molar-refractivity contribution in [1.29, 1.82) is 0 Å². The molecule has 0 aliphatic carbocycles. The van der Waals surface area contributed by atoms with Crippen molar-refractivity contribution in [3.8, 4) is 0 Å². The lowest BCUT2D eigenvalue weighted by atomic mass is 10.2. The van der Waals surface area contributed by atoms with Crippen molar-refractivity contribution in [3.05, 3.63) is 33.8 Å². The van der Waals surface area contributed by atoms with Gasteiger partial charge in [-0.25, -0.2) is 0 Å². The van der Waals surface area contributed by atoms with E-state index in [1.807, 2.05) is 0 Å². The van der Waals surface area contributed by atoms with E-state index in [0.29, 0.717) is 27.1 Å². The van der Waals surface area contributed by atoms with Gasteiger partial charge in [-0.1, -0.05) is 35.0 Å². The van der Waals surface area contributed by atoms with Gasteiger partial charge in [0.05, 0.1) is 5.02 Å². The predicted molar refractivity (Wildman–Crippen MR) is 67.1 cm³/mol. The van der Waals surface area contributed by atoms with E-state index in [1.165, 1.54) is 11.8 Å². The molecule has 1 aromatic rings. The molecule has 0 bridgehead atoms. The zero-order valence-corrected chi connectivity index (χ0v) is 10.4. The first kappa shape index (κ1) is 12.2. The quantitative estimate of drug-likeness (QED) is 0.839. The van der Waals surface area contributed by atoms with Crippen molar-refractivity contribution < 1.29 is 4.79 Å². The molecule has 1 rings (SSSR count). The van der Waals surface area contributed by atoms with Gasteiger partial charge < -0.3 is 0 Å². The number of carbonyl (C=O) groups is 1. The number of thioether (sulfide) groups is 1. The minimum absolute atomic E-state index is 0.0410. The van der Waals surface area contributed by atoms with Crippen molar-refractivity contribution in [1.82, 2.24) is 0 Å². The molecule has 0 fully saturated rings. The van der Waals surface area contributed by atoms with Gasteiger partial charge in [-0.3, -0.25) is 4.79 Å². The molecule has 0 unspecified atom stereocenters. The molecule has 0 aromatic heterocycles. The molecule has 1 aromatic carbocycles. The topological polar surface area (TPSA) is 17.1 Å². The molecule has 0 saturated heterocycles. The summed E-state index contributed by atoms with van der Waals surface area (Å²) in [6, 6.07) is 4.86. The summed E-state index contributed by atoms with van der Waals surface area (Å²) in [5, 5.41) is 0.889. The Hall–Kier alpha value is 0.170. The standard InChI is InChI=1S/C9H8Cl2OS2/c10-6-1-2-7(8(11)5-6)9(12)14-4-3-13/h1-2,5,13H,3-4H2. The monoisotopic (exact) mass is 266 g/mol. The second-order valence-electron chi connectivity index (χ2n) is 2.48. The Morgan fingerprint density at radius 3 is 2.71 bits per heavy atom. The number of rotatable bonds is 3. The van der Waals surface area contributed by atoms with Crippen molar-refractivity contribution in [2.75, 3.05) is 11.5 Å². The van der Waals surface area contributed by atoms with Crippen LogP contribution in [-0.4, -0.2) is 16.6 Å². The van der Waals surface area contributed by atoms with Gasteiger partial charge in [-0.2, -0.15) is 12.6 Å². The highest BCUT2D eigenvalue weighted by Crippen LogP contribution is 2.24. The van der Waals surface area contributed by atoms with Gasteiger partial charge in [0.25, 0.3) is 0 Å². The van der Waals surface area contributed by atoms with Crippen LogP contribution in [0.3, 0.4) is 0 Å². The van der Waals surface area contributed by atoms with Gasteiger partial charge in [0.15, 0.2) is 0 Å². The lowest BCUT2D eigenvalue weighted by Gasteiger charge is -2.02. The highest BCUT2D eigenvalue weighted by molar-refractivity contribution is 8.14. The van der Waals surface area contributed by atoms with Crippen LogP contribution < -0.4 is 0 Å². The second-order valence-corrected chi connectivity index (χ2v) is 4.84. The van der Waals surface area contributed by atoms with Gasteiger partial charge in [-0.05, 0) is 24.0 Å². The smallest absolute Gasteiger partial charge is 0.220 e. The first-order valence-electron chi connectivity index (χ1n) is 3.88. The molecule has 0 aliphatic heterocycles. The Balaban J connectivity index is 2.80. The molecule has 0 radical (unpaired) electrons. The van der Waals surface area contributed by atoms with Crippen molar-refractivity contribution >= 4 is 52.7 Å². The number of carbonyl (C=O) groups excluding carboxylic acids is 1.